The zero-order valence-corrected chi connectivity index (χ0v) is 13.1. The van der Waals surface area contributed by atoms with E-state index in [2.05, 4.69) is 24.4 Å². The molecule has 0 heterocycles. The molecule has 0 spiro atoms. The van der Waals surface area contributed by atoms with Crippen molar-refractivity contribution in [3.63, 3.8) is 0 Å². The number of aryl methyl sites for hydroxylation is 2. The van der Waals surface area contributed by atoms with E-state index in [9.17, 15) is 0 Å². The first-order chi connectivity index (χ1) is 9.58. The van der Waals surface area contributed by atoms with Crippen molar-refractivity contribution < 1.29 is 4.74 Å². The fraction of sp³-hybridized carbons (Fsp3) is 0.294. The van der Waals surface area contributed by atoms with Crippen molar-refractivity contribution in [2.45, 2.75) is 19.9 Å². The van der Waals surface area contributed by atoms with Crippen LogP contribution in [0.15, 0.2) is 36.4 Å². The van der Waals surface area contributed by atoms with Gasteiger partial charge in [-0.25, -0.2) is 0 Å². The number of halogens is 1. The first-order valence-electron chi connectivity index (χ1n) is 6.65. The van der Waals surface area contributed by atoms with Gasteiger partial charge in [-0.3, -0.25) is 0 Å². The predicted molar refractivity (Wildman–Crippen MR) is 84.8 cm³/mol. The Morgan fingerprint density at radius 1 is 1.05 bits per heavy atom. The number of methoxy groups -OCH3 is 1. The Morgan fingerprint density at radius 2 is 1.75 bits per heavy atom. The molecule has 0 radical (unpaired) electrons. The molecule has 0 aliphatic carbocycles. The number of hydrogen-bond donors (Lipinski definition) is 1. The highest BCUT2D eigenvalue weighted by Gasteiger charge is 2.18. The molecule has 3 heteroatoms. The first kappa shape index (κ1) is 14.9. The topological polar surface area (TPSA) is 21.3 Å². The van der Waals surface area contributed by atoms with Gasteiger partial charge in [0.05, 0.1) is 13.2 Å². The summed E-state index contributed by atoms with van der Waals surface area (Å²) in [7, 11) is 3.66. The van der Waals surface area contributed by atoms with Gasteiger partial charge in [-0.2, -0.15) is 0 Å². The third-order valence-corrected chi connectivity index (χ3v) is 4.00. The van der Waals surface area contributed by atoms with Crippen molar-refractivity contribution in [3.05, 3.63) is 63.7 Å². The Balaban J connectivity index is 2.55. The van der Waals surface area contributed by atoms with E-state index in [1.165, 1.54) is 11.1 Å². The van der Waals surface area contributed by atoms with Crippen LogP contribution in [-0.4, -0.2) is 14.2 Å². The third kappa shape index (κ3) is 2.82. The minimum Gasteiger partial charge on any atom is -0.496 e. The Labute approximate surface area is 125 Å². The maximum atomic E-state index is 6.19. The van der Waals surface area contributed by atoms with Crippen LogP contribution in [0.25, 0.3) is 0 Å². The van der Waals surface area contributed by atoms with Crippen LogP contribution in [0.3, 0.4) is 0 Å². The molecule has 2 rings (SSSR count). The molecule has 0 aromatic heterocycles. The van der Waals surface area contributed by atoms with Crippen molar-refractivity contribution >= 4 is 11.6 Å². The normalized spacial score (nSPS) is 12.2. The van der Waals surface area contributed by atoms with Crippen LogP contribution in [-0.2, 0) is 0 Å². The molecular weight excluding hydrogens is 270 g/mol. The van der Waals surface area contributed by atoms with Crippen LogP contribution in [0.4, 0.5) is 0 Å². The number of rotatable bonds is 4. The Morgan fingerprint density at radius 3 is 2.40 bits per heavy atom. The molecule has 0 fully saturated rings. The minimum absolute atomic E-state index is 0.0853. The summed E-state index contributed by atoms with van der Waals surface area (Å²) in [6.45, 7) is 4.11. The molecule has 0 aliphatic rings. The molecule has 1 atom stereocenters. The maximum Gasteiger partial charge on any atom is 0.123 e. The van der Waals surface area contributed by atoms with E-state index in [4.69, 9.17) is 16.3 Å². The predicted octanol–water partition coefficient (Wildman–Crippen LogP) is 4.27. The summed E-state index contributed by atoms with van der Waals surface area (Å²) < 4.78 is 5.48. The lowest BCUT2D eigenvalue weighted by Crippen LogP contribution is -2.19. The first-order valence-corrected chi connectivity index (χ1v) is 7.03. The van der Waals surface area contributed by atoms with Gasteiger partial charge in [-0.1, -0.05) is 35.9 Å². The summed E-state index contributed by atoms with van der Waals surface area (Å²) in [6, 6.07) is 12.3. The summed E-state index contributed by atoms with van der Waals surface area (Å²) in [6.07, 6.45) is 0. The van der Waals surface area contributed by atoms with Gasteiger partial charge >= 0.3 is 0 Å². The van der Waals surface area contributed by atoms with Crippen molar-refractivity contribution in [1.29, 1.82) is 0 Å². The van der Waals surface area contributed by atoms with E-state index >= 15 is 0 Å². The molecule has 0 saturated carbocycles. The molecule has 0 aliphatic heterocycles. The molecule has 2 aromatic carbocycles. The average Bonchev–Trinajstić information content (AvgIpc) is 2.45. The van der Waals surface area contributed by atoms with Gasteiger partial charge in [0.2, 0.25) is 0 Å². The van der Waals surface area contributed by atoms with Gasteiger partial charge in [-0.05, 0) is 49.7 Å². The van der Waals surface area contributed by atoms with Gasteiger partial charge in [0.25, 0.3) is 0 Å². The second-order valence-electron chi connectivity index (χ2n) is 4.92. The van der Waals surface area contributed by atoms with Crippen LogP contribution in [0.5, 0.6) is 5.75 Å². The van der Waals surface area contributed by atoms with Crippen molar-refractivity contribution in [2.24, 2.45) is 0 Å². The zero-order chi connectivity index (χ0) is 14.7. The van der Waals surface area contributed by atoms with Crippen LogP contribution >= 0.6 is 11.6 Å². The number of benzene rings is 2. The zero-order valence-electron chi connectivity index (χ0n) is 12.3. The number of ether oxygens (including phenoxy) is 1. The van der Waals surface area contributed by atoms with Gasteiger partial charge < -0.3 is 10.1 Å². The van der Waals surface area contributed by atoms with Crippen molar-refractivity contribution in [2.75, 3.05) is 14.2 Å². The molecule has 0 saturated heterocycles. The minimum atomic E-state index is 0.0853. The molecule has 0 bridgehead atoms. The van der Waals surface area contributed by atoms with Crippen LogP contribution < -0.4 is 10.1 Å². The van der Waals surface area contributed by atoms with E-state index < -0.39 is 0 Å². The standard InChI is InChI=1S/C17H20ClNO/c1-11-10-15(18)12(2)9-14(11)17(19-3)13-7-5-6-8-16(13)20-4/h5-10,17,19H,1-4H3. The Bertz CT molecular complexity index is 610. The molecule has 2 aromatic rings. The summed E-state index contributed by atoms with van der Waals surface area (Å²) in [5.41, 5.74) is 4.61. The van der Waals surface area contributed by atoms with Gasteiger partial charge in [0.15, 0.2) is 0 Å². The lowest BCUT2D eigenvalue weighted by Gasteiger charge is -2.22. The van der Waals surface area contributed by atoms with Crippen LogP contribution in [0.1, 0.15) is 28.3 Å². The van der Waals surface area contributed by atoms with Gasteiger partial charge in [0, 0.05) is 10.6 Å². The molecule has 2 nitrogen and oxygen atoms in total. The SMILES string of the molecule is CNC(c1cc(C)c(Cl)cc1C)c1ccccc1OC. The van der Waals surface area contributed by atoms with E-state index in [0.29, 0.717) is 0 Å². The van der Waals surface area contributed by atoms with E-state index in [1.807, 2.05) is 38.2 Å². The Hall–Kier alpha value is -1.51. The highest BCUT2D eigenvalue weighted by Crippen LogP contribution is 2.33. The largest absolute Gasteiger partial charge is 0.496 e. The van der Waals surface area contributed by atoms with E-state index in [1.54, 1.807) is 7.11 Å². The van der Waals surface area contributed by atoms with Gasteiger partial charge in [0.1, 0.15) is 5.75 Å². The molecule has 1 N–H and O–H groups in total. The number of para-hydroxylation sites is 1. The lowest BCUT2D eigenvalue weighted by atomic mass is 9.93. The number of hydrogen-bond acceptors (Lipinski definition) is 2. The summed E-state index contributed by atoms with van der Waals surface area (Å²) in [5.74, 6) is 0.888. The molecular formula is C17H20ClNO. The molecule has 1 unspecified atom stereocenters. The average molecular weight is 290 g/mol. The maximum absolute atomic E-state index is 6.19. The summed E-state index contributed by atoms with van der Waals surface area (Å²) in [5, 5.41) is 4.18. The highest BCUT2D eigenvalue weighted by atomic mass is 35.5. The fourth-order valence-electron chi connectivity index (χ4n) is 2.50. The van der Waals surface area contributed by atoms with E-state index in [-0.39, 0.29) is 6.04 Å². The lowest BCUT2D eigenvalue weighted by molar-refractivity contribution is 0.405. The van der Waals surface area contributed by atoms with Crippen molar-refractivity contribution in [3.8, 4) is 5.75 Å². The van der Waals surface area contributed by atoms with Crippen LogP contribution in [0.2, 0.25) is 5.02 Å². The summed E-state index contributed by atoms with van der Waals surface area (Å²) >= 11 is 6.19. The van der Waals surface area contributed by atoms with Gasteiger partial charge in [-0.15, -0.1) is 0 Å². The second kappa shape index (κ2) is 6.29. The highest BCUT2D eigenvalue weighted by molar-refractivity contribution is 6.31. The molecule has 0 amide bonds. The molecule has 20 heavy (non-hydrogen) atoms. The smallest absolute Gasteiger partial charge is 0.123 e. The monoisotopic (exact) mass is 289 g/mol. The fourth-order valence-corrected chi connectivity index (χ4v) is 2.72. The number of nitrogens with one attached hydrogen (secondary N) is 1. The summed E-state index contributed by atoms with van der Waals surface area (Å²) in [4.78, 5) is 0. The molecule has 106 valence electrons. The quantitative estimate of drug-likeness (QED) is 0.907. The van der Waals surface area contributed by atoms with Crippen molar-refractivity contribution in [1.82, 2.24) is 5.32 Å². The second-order valence-corrected chi connectivity index (χ2v) is 5.33. The third-order valence-electron chi connectivity index (χ3n) is 3.60. The Kier molecular flexibility index (Phi) is 4.69. The van der Waals surface area contributed by atoms with E-state index in [0.717, 1.165) is 21.9 Å². The van der Waals surface area contributed by atoms with Crippen LogP contribution in [0, 0.1) is 13.8 Å².